The van der Waals surface area contributed by atoms with Gasteiger partial charge in [0, 0.05) is 16.6 Å². The first-order chi connectivity index (χ1) is 11.6. The van der Waals surface area contributed by atoms with Crippen LogP contribution in [0.15, 0.2) is 34.9 Å². The van der Waals surface area contributed by atoms with Crippen LogP contribution in [0.4, 0.5) is 5.69 Å². The predicted molar refractivity (Wildman–Crippen MR) is 97.0 cm³/mol. The van der Waals surface area contributed by atoms with Gasteiger partial charge in [0.05, 0.1) is 5.69 Å². The average molecular weight is 336 g/mol. The lowest BCUT2D eigenvalue weighted by Crippen LogP contribution is -1.93. The molecule has 0 atom stereocenters. The second-order valence-electron chi connectivity index (χ2n) is 5.76. The number of nitrogens with two attached hydrogens (primary N) is 1. The Morgan fingerprint density at radius 2 is 1.75 bits per heavy atom. The van der Waals surface area contributed by atoms with E-state index in [1.54, 1.807) is 0 Å². The van der Waals surface area contributed by atoms with Gasteiger partial charge in [0.15, 0.2) is 0 Å². The summed E-state index contributed by atoms with van der Waals surface area (Å²) < 4.78 is 5.46. The molecule has 0 aliphatic rings. The largest absolute Gasteiger partial charge is 0.397 e. The van der Waals surface area contributed by atoms with E-state index >= 15 is 0 Å². The number of nitrogens with zero attached hydrogens (tertiary/aromatic N) is 3. The molecule has 0 radical (unpaired) electrons. The highest BCUT2D eigenvalue weighted by Crippen LogP contribution is 2.42. The van der Waals surface area contributed by atoms with Crippen LogP contribution in [0.5, 0.6) is 0 Å². The van der Waals surface area contributed by atoms with E-state index in [4.69, 9.17) is 10.3 Å². The van der Waals surface area contributed by atoms with Crippen LogP contribution >= 0.6 is 11.3 Å². The molecule has 3 heterocycles. The minimum Gasteiger partial charge on any atom is -0.397 e. The fourth-order valence-electron chi connectivity index (χ4n) is 2.75. The SMILES string of the molecule is Cc1nc2sc(-c3nc(-c4ccccc4)no3)c(N)c2c(C)c1C. The maximum absolute atomic E-state index is 6.38. The van der Waals surface area contributed by atoms with Gasteiger partial charge in [0.25, 0.3) is 5.89 Å². The first-order valence-electron chi connectivity index (χ1n) is 7.61. The van der Waals surface area contributed by atoms with Crippen molar-refractivity contribution in [3.63, 3.8) is 0 Å². The number of pyridine rings is 1. The molecule has 0 bridgehead atoms. The van der Waals surface area contributed by atoms with Gasteiger partial charge in [0.1, 0.15) is 9.71 Å². The summed E-state index contributed by atoms with van der Waals surface area (Å²) in [5.41, 5.74) is 11.3. The summed E-state index contributed by atoms with van der Waals surface area (Å²) >= 11 is 1.49. The van der Waals surface area contributed by atoms with Crippen LogP contribution in [0, 0.1) is 20.8 Å². The van der Waals surface area contributed by atoms with Gasteiger partial charge in [0.2, 0.25) is 5.82 Å². The van der Waals surface area contributed by atoms with Gasteiger partial charge in [-0.15, -0.1) is 11.3 Å². The predicted octanol–water partition coefficient (Wildman–Crippen LogP) is 4.52. The fraction of sp³-hybridized carbons (Fsp3) is 0.167. The number of aromatic nitrogens is 3. The molecule has 5 nitrogen and oxygen atoms in total. The van der Waals surface area contributed by atoms with Crippen LogP contribution in [0.2, 0.25) is 0 Å². The van der Waals surface area contributed by atoms with Gasteiger partial charge in [-0.25, -0.2) is 4.98 Å². The zero-order valence-corrected chi connectivity index (χ0v) is 14.4. The molecule has 4 rings (SSSR count). The number of nitrogen functional groups attached to an aromatic ring is 1. The number of benzene rings is 1. The van der Waals surface area contributed by atoms with Crippen LogP contribution in [0.25, 0.3) is 32.4 Å². The minimum atomic E-state index is 0.434. The Morgan fingerprint density at radius 1 is 1.00 bits per heavy atom. The molecule has 6 heteroatoms. The number of fused-ring (bicyclic) bond motifs is 1. The van der Waals surface area contributed by atoms with Crippen LogP contribution in [-0.4, -0.2) is 15.1 Å². The minimum absolute atomic E-state index is 0.434. The fourth-order valence-corrected chi connectivity index (χ4v) is 3.87. The summed E-state index contributed by atoms with van der Waals surface area (Å²) in [5.74, 6) is 0.989. The van der Waals surface area contributed by atoms with E-state index in [2.05, 4.69) is 29.0 Å². The van der Waals surface area contributed by atoms with E-state index < -0.39 is 0 Å². The number of aryl methyl sites for hydroxylation is 2. The highest BCUT2D eigenvalue weighted by molar-refractivity contribution is 7.22. The smallest absolute Gasteiger partial charge is 0.270 e. The zero-order chi connectivity index (χ0) is 16.8. The quantitative estimate of drug-likeness (QED) is 0.582. The van der Waals surface area contributed by atoms with Gasteiger partial charge in [-0.1, -0.05) is 35.5 Å². The maximum atomic E-state index is 6.38. The normalized spacial score (nSPS) is 11.3. The molecule has 2 N–H and O–H groups in total. The van der Waals surface area contributed by atoms with E-state index in [9.17, 15) is 0 Å². The standard InChI is InChI=1S/C18H16N4OS/c1-9-10(2)13-14(19)15(24-18(13)20-11(9)3)17-21-16(22-23-17)12-7-5-4-6-8-12/h4-8H,19H2,1-3H3. The van der Waals surface area contributed by atoms with Gasteiger partial charge in [-0.2, -0.15) is 4.98 Å². The molecule has 1 aromatic carbocycles. The summed E-state index contributed by atoms with van der Waals surface area (Å²) in [5, 5.41) is 5.06. The first-order valence-corrected chi connectivity index (χ1v) is 8.43. The van der Waals surface area contributed by atoms with E-state index in [-0.39, 0.29) is 0 Å². The Hall–Kier alpha value is -2.73. The molecule has 0 aliphatic carbocycles. The number of thiophene rings is 1. The van der Waals surface area contributed by atoms with Crippen molar-refractivity contribution in [3.8, 4) is 22.2 Å². The van der Waals surface area contributed by atoms with Crippen LogP contribution in [0.1, 0.15) is 16.8 Å². The first kappa shape index (κ1) is 14.8. The molecule has 0 saturated carbocycles. The lowest BCUT2D eigenvalue weighted by Gasteiger charge is -2.05. The molecule has 24 heavy (non-hydrogen) atoms. The molecular formula is C18H16N4OS. The van der Waals surface area contributed by atoms with Crippen molar-refractivity contribution >= 4 is 27.2 Å². The molecule has 120 valence electrons. The summed E-state index contributed by atoms with van der Waals surface area (Å²) in [7, 11) is 0. The van der Waals surface area contributed by atoms with E-state index in [0.717, 1.165) is 37.5 Å². The monoisotopic (exact) mass is 336 g/mol. The Morgan fingerprint density at radius 3 is 2.50 bits per heavy atom. The van der Waals surface area contributed by atoms with E-state index in [1.165, 1.54) is 11.3 Å². The van der Waals surface area contributed by atoms with Crippen molar-refractivity contribution in [1.82, 2.24) is 15.1 Å². The molecule has 0 unspecified atom stereocenters. The maximum Gasteiger partial charge on any atom is 0.270 e. The van der Waals surface area contributed by atoms with Crippen LogP contribution < -0.4 is 5.73 Å². The van der Waals surface area contributed by atoms with Crippen molar-refractivity contribution in [2.24, 2.45) is 0 Å². The molecule has 0 aliphatic heterocycles. The summed E-state index contributed by atoms with van der Waals surface area (Å²) in [6, 6.07) is 9.73. The number of hydrogen-bond acceptors (Lipinski definition) is 6. The molecule has 0 spiro atoms. The second kappa shape index (κ2) is 5.42. The molecule has 0 amide bonds. The lowest BCUT2D eigenvalue weighted by atomic mass is 10.1. The highest BCUT2D eigenvalue weighted by Gasteiger charge is 2.21. The summed E-state index contributed by atoms with van der Waals surface area (Å²) in [4.78, 5) is 10.8. The number of anilines is 1. The summed E-state index contributed by atoms with van der Waals surface area (Å²) in [6.07, 6.45) is 0. The van der Waals surface area contributed by atoms with Crippen molar-refractivity contribution in [2.45, 2.75) is 20.8 Å². The van der Waals surface area contributed by atoms with Crippen molar-refractivity contribution in [3.05, 3.63) is 47.2 Å². The zero-order valence-electron chi connectivity index (χ0n) is 13.6. The van der Waals surface area contributed by atoms with Crippen LogP contribution in [-0.2, 0) is 0 Å². The Labute approximate surface area is 143 Å². The molecule has 4 aromatic rings. The molecule has 0 saturated heterocycles. The van der Waals surface area contributed by atoms with Gasteiger partial charge >= 0.3 is 0 Å². The third-order valence-corrected chi connectivity index (χ3v) is 5.42. The lowest BCUT2D eigenvalue weighted by molar-refractivity contribution is 0.433. The van der Waals surface area contributed by atoms with Gasteiger partial charge in [-0.3, -0.25) is 0 Å². The van der Waals surface area contributed by atoms with Crippen LogP contribution in [0.3, 0.4) is 0 Å². The average Bonchev–Trinajstić information content (AvgIpc) is 3.19. The Balaban J connectivity index is 1.88. The molecule has 3 aromatic heterocycles. The van der Waals surface area contributed by atoms with Crippen molar-refractivity contribution in [2.75, 3.05) is 5.73 Å². The molecular weight excluding hydrogens is 320 g/mol. The third-order valence-electron chi connectivity index (χ3n) is 4.33. The Kier molecular flexibility index (Phi) is 3.35. The summed E-state index contributed by atoms with van der Waals surface area (Å²) in [6.45, 7) is 6.15. The van der Waals surface area contributed by atoms with Gasteiger partial charge < -0.3 is 10.3 Å². The van der Waals surface area contributed by atoms with Crippen molar-refractivity contribution < 1.29 is 4.52 Å². The highest BCUT2D eigenvalue weighted by atomic mass is 32.1. The third kappa shape index (κ3) is 2.18. The topological polar surface area (TPSA) is 77.8 Å². The van der Waals surface area contributed by atoms with Crippen molar-refractivity contribution in [1.29, 1.82) is 0 Å². The Bertz CT molecular complexity index is 1050. The number of rotatable bonds is 2. The second-order valence-corrected chi connectivity index (χ2v) is 6.76. The van der Waals surface area contributed by atoms with E-state index in [0.29, 0.717) is 17.4 Å². The van der Waals surface area contributed by atoms with Gasteiger partial charge in [-0.05, 0) is 31.9 Å². The molecule has 0 fully saturated rings. The number of hydrogen-bond donors (Lipinski definition) is 1. The van der Waals surface area contributed by atoms with E-state index in [1.807, 2.05) is 37.3 Å².